The van der Waals surface area contributed by atoms with Gasteiger partial charge < -0.3 is 15.8 Å². The summed E-state index contributed by atoms with van der Waals surface area (Å²) in [6.45, 7) is 2.23. The lowest BCUT2D eigenvalue weighted by Crippen LogP contribution is -2.36. The van der Waals surface area contributed by atoms with Crippen LogP contribution in [0.5, 0.6) is 0 Å². The lowest BCUT2D eigenvalue weighted by atomic mass is 9.82. The van der Waals surface area contributed by atoms with Gasteiger partial charge in [0.25, 0.3) is 0 Å². The number of amides is 1. The summed E-state index contributed by atoms with van der Waals surface area (Å²) in [6, 6.07) is 7.21. The van der Waals surface area contributed by atoms with Crippen molar-refractivity contribution >= 4 is 17.4 Å². The van der Waals surface area contributed by atoms with Crippen LogP contribution in [0.1, 0.15) is 38.2 Å². The van der Waals surface area contributed by atoms with E-state index in [2.05, 4.69) is 12.1 Å². The predicted molar refractivity (Wildman–Crippen MR) is 83.5 cm³/mol. The van der Waals surface area contributed by atoms with Crippen molar-refractivity contribution in [1.29, 1.82) is 0 Å². The van der Waals surface area contributed by atoms with Gasteiger partial charge in [0.05, 0.1) is 5.69 Å². The van der Waals surface area contributed by atoms with Crippen LogP contribution in [0.2, 0.25) is 0 Å². The highest BCUT2D eigenvalue weighted by molar-refractivity contribution is 6.06. The maximum atomic E-state index is 12.7. The molecule has 1 fully saturated rings. The van der Waals surface area contributed by atoms with E-state index in [1.807, 2.05) is 12.1 Å². The van der Waals surface area contributed by atoms with Crippen molar-refractivity contribution in [2.24, 2.45) is 22.7 Å². The van der Waals surface area contributed by atoms with Gasteiger partial charge in [-0.2, -0.15) is 0 Å². The van der Waals surface area contributed by atoms with Gasteiger partial charge in [-0.3, -0.25) is 4.79 Å². The third-order valence-electron chi connectivity index (χ3n) is 4.34. The van der Waals surface area contributed by atoms with Crippen LogP contribution in [0.3, 0.4) is 0 Å². The van der Waals surface area contributed by atoms with Gasteiger partial charge in [0.15, 0.2) is 5.84 Å². The minimum atomic E-state index is 0.0162. The molecule has 0 saturated heterocycles. The molecule has 2 rings (SSSR count). The van der Waals surface area contributed by atoms with E-state index in [9.17, 15) is 4.79 Å². The normalized spacial score (nSPS) is 22.9. The predicted octanol–water partition coefficient (Wildman–Crippen LogP) is 2.57. The summed E-state index contributed by atoms with van der Waals surface area (Å²) >= 11 is 0. The molecule has 0 bridgehead atoms. The quantitative estimate of drug-likeness (QED) is 0.388. The van der Waals surface area contributed by atoms with Crippen molar-refractivity contribution in [2.45, 2.75) is 32.6 Å². The standard InChI is InChI=1S/C16H23N3O2/c1-11-7-9-12(10-8-11)16(20)19(2)14-6-4-3-5-13(14)15(17)18-21/h3-6,11-12,21H,7-10H2,1-2H3,(H2,17,18). The van der Waals surface area contributed by atoms with Crippen LogP contribution in [0.15, 0.2) is 29.4 Å². The molecule has 5 nitrogen and oxygen atoms in total. The van der Waals surface area contributed by atoms with Gasteiger partial charge in [-0.05, 0) is 43.7 Å². The Morgan fingerprint density at radius 2 is 1.90 bits per heavy atom. The first kappa shape index (κ1) is 15.4. The highest BCUT2D eigenvalue weighted by Gasteiger charge is 2.28. The van der Waals surface area contributed by atoms with Crippen LogP contribution < -0.4 is 10.6 Å². The van der Waals surface area contributed by atoms with E-state index in [-0.39, 0.29) is 17.7 Å². The molecule has 114 valence electrons. The second-order valence-electron chi connectivity index (χ2n) is 5.86. The first-order chi connectivity index (χ1) is 10.0. The molecule has 0 aliphatic heterocycles. The highest BCUT2D eigenvalue weighted by Crippen LogP contribution is 2.31. The Morgan fingerprint density at radius 3 is 2.52 bits per heavy atom. The van der Waals surface area contributed by atoms with Crippen molar-refractivity contribution in [3.05, 3.63) is 29.8 Å². The van der Waals surface area contributed by atoms with Gasteiger partial charge in [0, 0.05) is 18.5 Å². The zero-order valence-electron chi connectivity index (χ0n) is 12.6. The average Bonchev–Trinajstić information content (AvgIpc) is 2.53. The Hall–Kier alpha value is -2.04. The maximum Gasteiger partial charge on any atom is 0.229 e. The molecule has 21 heavy (non-hydrogen) atoms. The largest absolute Gasteiger partial charge is 0.409 e. The summed E-state index contributed by atoms with van der Waals surface area (Å²) < 4.78 is 0. The van der Waals surface area contributed by atoms with E-state index in [0.29, 0.717) is 17.2 Å². The zero-order valence-corrected chi connectivity index (χ0v) is 12.6. The number of anilines is 1. The summed E-state index contributed by atoms with van der Waals surface area (Å²) in [5.41, 5.74) is 6.94. The van der Waals surface area contributed by atoms with E-state index in [1.54, 1.807) is 24.1 Å². The molecule has 1 aliphatic rings. The molecule has 1 aliphatic carbocycles. The van der Waals surface area contributed by atoms with E-state index in [0.717, 1.165) is 25.7 Å². The second-order valence-corrected chi connectivity index (χ2v) is 5.86. The van der Waals surface area contributed by atoms with Gasteiger partial charge in [-0.15, -0.1) is 0 Å². The zero-order chi connectivity index (χ0) is 15.4. The van der Waals surface area contributed by atoms with E-state index in [1.165, 1.54) is 0 Å². The molecule has 0 aromatic heterocycles. The van der Waals surface area contributed by atoms with Crippen molar-refractivity contribution in [2.75, 3.05) is 11.9 Å². The highest BCUT2D eigenvalue weighted by atomic mass is 16.4. The summed E-state index contributed by atoms with van der Waals surface area (Å²) in [4.78, 5) is 14.3. The van der Waals surface area contributed by atoms with Crippen LogP contribution in [0.25, 0.3) is 0 Å². The van der Waals surface area contributed by atoms with E-state index in [4.69, 9.17) is 10.9 Å². The van der Waals surface area contributed by atoms with E-state index >= 15 is 0 Å². The van der Waals surface area contributed by atoms with Gasteiger partial charge in [-0.1, -0.05) is 24.2 Å². The summed E-state index contributed by atoms with van der Waals surface area (Å²) in [7, 11) is 1.75. The molecule has 1 aromatic carbocycles. The minimum absolute atomic E-state index is 0.0162. The monoisotopic (exact) mass is 289 g/mol. The molecule has 1 amide bonds. The van der Waals surface area contributed by atoms with Crippen molar-refractivity contribution < 1.29 is 10.0 Å². The molecule has 1 aromatic rings. The fourth-order valence-corrected chi connectivity index (χ4v) is 2.94. The van der Waals surface area contributed by atoms with Gasteiger partial charge in [0.2, 0.25) is 5.91 Å². The molecule has 0 unspecified atom stereocenters. The third-order valence-corrected chi connectivity index (χ3v) is 4.34. The molecule has 0 heterocycles. The smallest absolute Gasteiger partial charge is 0.229 e. The van der Waals surface area contributed by atoms with Gasteiger partial charge in [-0.25, -0.2) is 0 Å². The Kier molecular flexibility index (Phi) is 4.83. The van der Waals surface area contributed by atoms with Gasteiger partial charge in [0.1, 0.15) is 0 Å². The molecule has 1 saturated carbocycles. The maximum absolute atomic E-state index is 12.7. The van der Waals surface area contributed by atoms with Gasteiger partial charge >= 0.3 is 0 Å². The van der Waals surface area contributed by atoms with Crippen LogP contribution in [0, 0.1) is 11.8 Å². The van der Waals surface area contributed by atoms with Crippen LogP contribution >= 0.6 is 0 Å². The fraction of sp³-hybridized carbons (Fsp3) is 0.500. The van der Waals surface area contributed by atoms with Crippen LogP contribution in [-0.4, -0.2) is 24.0 Å². The molecular weight excluding hydrogens is 266 g/mol. The minimum Gasteiger partial charge on any atom is -0.409 e. The molecule has 0 radical (unpaired) electrons. The molecule has 0 atom stereocenters. The number of hydrogen-bond donors (Lipinski definition) is 2. The average molecular weight is 289 g/mol. The Labute approximate surface area is 125 Å². The van der Waals surface area contributed by atoms with Crippen molar-refractivity contribution in [1.82, 2.24) is 0 Å². The van der Waals surface area contributed by atoms with Crippen LogP contribution in [-0.2, 0) is 4.79 Å². The first-order valence-corrected chi connectivity index (χ1v) is 7.39. The Balaban J connectivity index is 2.20. The lowest BCUT2D eigenvalue weighted by molar-refractivity contribution is -0.123. The lowest BCUT2D eigenvalue weighted by Gasteiger charge is -2.29. The number of rotatable bonds is 3. The van der Waals surface area contributed by atoms with Crippen molar-refractivity contribution in [3.8, 4) is 0 Å². The fourth-order valence-electron chi connectivity index (χ4n) is 2.94. The Morgan fingerprint density at radius 1 is 1.29 bits per heavy atom. The number of carbonyl (C=O) groups is 1. The first-order valence-electron chi connectivity index (χ1n) is 7.39. The number of amidine groups is 1. The number of benzene rings is 1. The third kappa shape index (κ3) is 3.35. The second kappa shape index (κ2) is 6.61. The molecule has 5 heteroatoms. The summed E-state index contributed by atoms with van der Waals surface area (Å²) in [6.07, 6.45) is 4.09. The Bertz CT molecular complexity index is 534. The van der Waals surface area contributed by atoms with Crippen LogP contribution in [0.4, 0.5) is 5.69 Å². The van der Waals surface area contributed by atoms with E-state index < -0.39 is 0 Å². The number of carbonyl (C=O) groups excluding carboxylic acids is 1. The summed E-state index contributed by atoms with van der Waals surface area (Å²) in [5, 5.41) is 11.9. The SMILES string of the molecule is CC1CCC(C(=O)N(C)c2ccccc2/C(N)=N/O)CC1. The number of nitrogens with two attached hydrogens (primary N) is 1. The summed E-state index contributed by atoms with van der Waals surface area (Å²) in [5.74, 6) is 0.915. The topological polar surface area (TPSA) is 78.9 Å². The number of para-hydroxylation sites is 1. The molecule has 0 spiro atoms. The molecule has 3 N–H and O–H groups in total. The number of hydrogen-bond acceptors (Lipinski definition) is 3. The van der Waals surface area contributed by atoms with Crippen molar-refractivity contribution in [3.63, 3.8) is 0 Å². The molecular formula is C16H23N3O2. The number of oxime groups is 1. The number of nitrogens with zero attached hydrogens (tertiary/aromatic N) is 2.